The molecule has 0 spiro atoms. The van der Waals surface area contributed by atoms with E-state index in [2.05, 4.69) is 26.6 Å². The van der Waals surface area contributed by atoms with Crippen LogP contribution in [0.5, 0.6) is 0 Å². The average Bonchev–Trinajstić information content (AvgIpc) is 3.75. The Kier molecular flexibility index (Phi) is 15.2. The molecule has 1 saturated heterocycles. The van der Waals surface area contributed by atoms with Crippen molar-refractivity contribution in [2.75, 3.05) is 23.0 Å². The largest absolute Gasteiger partial charge is 0.444 e. The summed E-state index contributed by atoms with van der Waals surface area (Å²) in [6.07, 6.45) is 4.38. The number of nitrogens with one attached hydrogen (secondary N) is 5. The van der Waals surface area contributed by atoms with Gasteiger partial charge in [0.1, 0.15) is 29.8 Å². The minimum absolute atomic E-state index is 0.00374. The number of hydrogen-bond donors (Lipinski definition) is 6. The number of carbonyl (C=O) groups is 7. The molecule has 20 nitrogen and oxygen atoms in total. The third-order valence-corrected chi connectivity index (χ3v) is 13.9. The molecular formula is C49H61N9O11S. The van der Waals surface area contributed by atoms with Crippen molar-refractivity contribution in [3.05, 3.63) is 87.3 Å². The number of primary amides is 1. The molecule has 3 aliphatic heterocycles. The summed E-state index contributed by atoms with van der Waals surface area (Å²) in [4.78, 5) is 106. The standard InChI is InChI=1S/C49H61N9O11S/c1-49(2,3)69-47(65)54-35-16-12-30-23-29(9-7-6-8-22-51-32-13-18-36-38(26-32)56(4)48(66)57(36)37-19-21-41(60)55-44(37)62)24-31-25-39(58(42(30)31)46(35)64)45(63)53-34(17-20-40(50)59)43(61)52-27-28-10-14-33(15-11-28)70(5,67)68/h10-11,13-15,18,23-24,26,34-35,37,39,51H,6-9,12,16-17,19-22,25,27H2,1-5H3,(H2,50,59)(H,52,61)(H,53,63)(H,54,65)(H,55,60,62)/t34?,35-,37?,39-/m0/s1. The van der Waals surface area contributed by atoms with E-state index in [0.29, 0.717) is 41.7 Å². The summed E-state index contributed by atoms with van der Waals surface area (Å²) >= 11 is 0. The van der Waals surface area contributed by atoms with E-state index in [0.717, 1.165) is 47.9 Å². The number of sulfone groups is 1. The Morgan fingerprint density at radius 1 is 0.900 bits per heavy atom. The number of amides is 7. The first-order chi connectivity index (χ1) is 33.1. The molecule has 0 radical (unpaired) electrons. The van der Waals surface area contributed by atoms with Crippen molar-refractivity contribution < 1.29 is 46.7 Å². The van der Waals surface area contributed by atoms with E-state index in [4.69, 9.17) is 10.5 Å². The van der Waals surface area contributed by atoms with Crippen LogP contribution in [0.3, 0.4) is 0 Å². The Morgan fingerprint density at radius 3 is 2.31 bits per heavy atom. The van der Waals surface area contributed by atoms with Crippen LogP contribution < -0.4 is 42.9 Å². The number of nitrogens with two attached hydrogens (primary N) is 1. The number of piperidine rings is 1. The zero-order chi connectivity index (χ0) is 50.7. The number of rotatable bonds is 18. The zero-order valence-electron chi connectivity index (χ0n) is 40.0. The molecule has 4 atom stereocenters. The van der Waals surface area contributed by atoms with E-state index in [1.165, 1.54) is 26.2 Å². The first kappa shape index (κ1) is 50.8. The summed E-state index contributed by atoms with van der Waals surface area (Å²) in [5, 5.41) is 14.0. The first-order valence-electron chi connectivity index (χ1n) is 23.5. The molecule has 1 aromatic heterocycles. The molecule has 0 bridgehead atoms. The van der Waals surface area contributed by atoms with Crippen LogP contribution >= 0.6 is 0 Å². The van der Waals surface area contributed by atoms with Gasteiger partial charge in [-0.2, -0.15) is 0 Å². The Morgan fingerprint density at radius 2 is 1.63 bits per heavy atom. The van der Waals surface area contributed by atoms with Crippen molar-refractivity contribution in [3.8, 4) is 0 Å². The maximum Gasteiger partial charge on any atom is 0.408 e. The summed E-state index contributed by atoms with van der Waals surface area (Å²) in [5.74, 6) is -3.29. The minimum Gasteiger partial charge on any atom is -0.444 e. The summed E-state index contributed by atoms with van der Waals surface area (Å²) in [6.45, 7) is 5.77. The van der Waals surface area contributed by atoms with Crippen molar-refractivity contribution in [1.82, 2.24) is 30.4 Å². The lowest BCUT2D eigenvalue weighted by atomic mass is 9.95. The highest BCUT2D eigenvalue weighted by Gasteiger charge is 2.45. The molecule has 3 aliphatic rings. The molecule has 4 aromatic rings. The van der Waals surface area contributed by atoms with Crippen LogP contribution in [0.15, 0.2) is 64.3 Å². The van der Waals surface area contributed by atoms with Gasteiger partial charge in [0.25, 0.3) is 0 Å². The molecule has 21 heteroatoms. The monoisotopic (exact) mass is 983 g/mol. The molecule has 0 saturated carbocycles. The third-order valence-electron chi connectivity index (χ3n) is 12.7. The van der Waals surface area contributed by atoms with E-state index in [-0.39, 0.29) is 61.6 Å². The second kappa shape index (κ2) is 20.9. The molecule has 374 valence electrons. The number of alkyl carbamates (subject to hydrolysis) is 1. The van der Waals surface area contributed by atoms with E-state index >= 15 is 0 Å². The van der Waals surface area contributed by atoms with Gasteiger partial charge in [-0.05, 0) is 118 Å². The van der Waals surface area contributed by atoms with Crippen LogP contribution in [0.1, 0.15) is 100 Å². The van der Waals surface area contributed by atoms with Crippen molar-refractivity contribution in [3.63, 3.8) is 0 Å². The fourth-order valence-corrected chi connectivity index (χ4v) is 9.92. The number of hydrogen-bond acceptors (Lipinski definition) is 12. The second-order valence-corrected chi connectivity index (χ2v) is 21.3. The highest BCUT2D eigenvalue weighted by molar-refractivity contribution is 7.90. The normalized spacial score (nSPS) is 18.4. The molecule has 7 amide bonds. The molecule has 2 unspecified atom stereocenters. The third kappa shape index (κ3) is 11.9. The van der Waals surface area contributed by atoms with Gasteiger partial charge in [-0.3, -0.25) is 48.1 Å². The summed E-state index contributed by atoms with van der Waals surface area (Å²) < 4.78 is 32.3. The van der Waals surface area contributed by atoms with Gasteiger partial charge < -0.3 is 31.7 Å². The number of ether oxygens (including phenoxy) is 1. The molecule has 0 aliphatic carbocycles. The Hall–Kier alpha value is -7.03. The second-order valence-electron chi connectivity index (χ2n) is 19.2. The smallest absolute Gasteiger partial charge is 0.408 e. The van der Waals surface area contributed by atoms with Crippen LogP contribution in [0, 0.1) is 0 Å². The molecule has 4 heterocycles. The van der Waals surface area contributed by atoms with E-state index < -0.39 is 75.2 Å². The average molecular weight is 984 g/mol. The highest BCUT2D eigenvalue weighted by Crippen LogP contribution is 2.40. The summed E-state index contributed by atoms with van der Waals surface area (Å²) in [5.41, 5.74) is 10.2. The first-order valence-corrected chi connectivity index (χ1v) is 25.4. The fourth-order valence-electron chi connectivity index (χ4n) is 9.29. The Labute approximate surface area is 405 Å². The van der Waals surface area contributed by atoms with Gasteiger partial charge in [0.15, 0.2) is 9.84 Å². The molecule has 3 aromatic carbocycles. The number of carbonyl (C=O) groups excluding carboxylic acids is 7. The van der Waals surface area contributed by atoms with Crippen molar-refractivity contribution in [2.45, 2.75) is 133 Å². The number of imidazole rings is 1. The predicted octanol–water partition coefficient (Wildman–Crippen LogP) is 2.71. The number of aromatic nitrogens is 2. The van der Waals surface area contributed by atoms with Crippen LogP contribution in [0.25, 0.3) is 11.0 Å². The molecule has 1 fully saturated rings. The lowest BCUT2D eigenvalue weighted by molar-refractivity contribution is -0.136. The van der Waals surface area contributed by atoms with Crippen molar-refractivity contribution in [1.29, 1.82) is 0 Å². The maximum atomic E-state index is 14.5. The van der Waals surface area contributed by atoms with Gasteiger partial charge in [-0.1, -0.05) is 30.7 Å². The van der Waals surface area contributed by atoms with Gasteiger partial charge in [0, 0.05) is 51.3 Å². The fraction of sp³-hybridized carbons (Fsp3) is 0.469. The predicted molar refractivity (Wildman–Crippen MR) is 259 cm³/mol. The van der Waals surface area contributed by atoms with E-state index in [1.807, 2.05) is 24.3 Å². The Balaban J connectivity index is 1.02. The number of nitrogens with zero attached hydrogens (tertiary/aromatic N) is 3. The van der Waals surface area contributed by atoms with Gasteiger partial charge >= 0.3 is 11.8 Å². The SMILES string of the molecule is Cn1c(=O)n(C2CCC(=O)NC2=O)c2ccc(NCCCCCc3cc4c5c(c3)C[C@@H](C(=O)NC(CCC(N)=O)C(=O)NCc3ccc(S(C)(=O)=O)cc3)N5C(=O)[C@@H](NC(=O)OC(C)(C)C)CC4)cc21. The molecule has 7 N–H and O–H groups in total. The molecule has 70 heavy (non-hydrogen) atoms. The lowest BCUT2D eigenvalue weighted by Gasteiger charge is -2.29. The van der Waals surface area contributed by atoms with Crippen LogP contribution in [0.2, 0.25) is 0 Å². The lowest BCUT2D eigenvalue weighted by Crippen LogP contribution is -2.57. The molecule has 7 rings (SSSR count). The van der Waals surface area contributed by atoms with Crippen molar-refractivity contribution in [2.24, 2.45) is 12.8 Å². The van der Waals surface area contributed by atoms with Gasteiger partial charge in [-0.15, -0.1) is 0 Å². The van der Waals surface area contributed by atoms with Crippen LogP contribution in [-0.4, -0.2) is 95.6 Å². The van der Waals surface area contributed by atoms with E-state index in [9.17, 15) is 46.8 Å². The van der Waals surface area contributed by atoms with Gasteiger partial charge in [-0.25, -0.2) is 18.0 Å². The van der Waals surface area contributed by atoms with E-state index in [1.54, 1.807) is 46.0 Å². The van der Waals surface area contributed by atoms with Crippen molar-refractivity contribution >= 4 is 73.8 Å². The number of benzene rings is 3. The number of imide groups is 1. The van der Waals surface area contributed by atoms with Gasteiger partial charge in [0.05, 0.1) is 21.6 Å². The number of unbranched alkanes of at least 4 members (excludes halogenated alkanes) is 2. The summed E-state index contributed by atoms with van der Waals surface area (Å²) in [7, 11) is -1.78. The highest BCUT2D eigenvalue weighted by atomic mass is 32.2. The quantitative estimate of drug-likeness (QED) is 0.0621. The zero-order valence-corrected chi connectivity index (χ0v) is 40.8. The minimum atomic E-state index is -3.43. The maximum absolute atomic E-state index is 14.5. The van der Waals surface area contributed by atoms with Crippen LogP contribution in [-0.2, 0) is 76.2 Å². The van der Waals surface area contributed by atoms with Crippen LogP contribution in [0.4, 0.5) is 16.2 Å². The molecular weight excluding hydrogens is 923 g/mol. The number of anilines is 2. The topological polar surface area (TPSA) is 279 Å². The summed E-state index contributed by atoms with van der Waals surface area (Å²) in [6, 6.07) is 11.4. The number of fused-ring (bicyclic) bond motifs is 1. The Bertz CT molecular complexity index is 2900. The van der Waals surface area contributed by atoms with Gasteiger partial charge in [0.2, 0.25) is 35.4 Å². The number of aryl methyl sites for hydroxylation is 3.